The molecule has 12 heavy (non-hydrogen) atoms. The molecule has 0 saturated carbocycles. The molecular weight excluding hydrogens is 156 g/mol. The number of carbonyl (C=O) groups excluding carboxylic acids is 1. The van der Waals surface area contributed by atoms with E-state index < -0.39 is 0 Å². The second-order valence-corrected chi connectivity index (χ2v) is 3.29. The highest BCUT2D eigenvalue weighted by molar-refractivity contribution is 5.92. The Hall–Kier alpha value is -0.830. The lowest BCUT2D eigenvalue weighted by Gasteiger charge is -2.05. The average molecular weight is 168 g/mol. The fourth-order valence-corrected chi connectivity index (χ4v) is 1.83. The summed E-state index contributed by atoms with van der Waals surface area (Å²) in [6.45, 7) is 3.84. The quantitative estimate of drug-likeness (QED) is 0.400. The molecule has 0 radical (unpaired) electrons. The zero-order valence-electron chi connectivity index (χ0n) is 7.24. The van der Waals surface area contributed by atoms with Gasteiger partial charge in [0.2, 0.25) is 0 Å². The van der Waals surface area contributed by atoms with Gasteiger partial charge in [-0.3, -0.25) is 0 Å². The van der Waals surface area contributed by atoms with E-state index in [0.29, 0.717) is 5.57 Å². The molecule has 0 unspecified atom stereocenters. The van der Waals surface area contributed by atoms with Crippen molar-refractivity contribution in [1.82, 2.24) is 0 Å². The van der Waals surface area contributed by atoms with Crippen molar-refractivity contribution in [2.45, 2.75) is 38.6 Å². The normalized spacial score (nSPS) is 43.3. The van der Waals surface area contributed by atoms with Gasteiger partial charge in [-0.25, -0.2) is 4.79 Å². The van der Waals surface area contributed by atoms with E-state index in [9.17, 15) is 4.79 Å². The summed E-state index contributed by atoms with van der Waals surface area (Å²) in [4.78, 5) is 11.2. The van der Waals surface area contributed by atoms with Gasteiger partial charge < -0.3 is 9.47 Å². The summed E-state index contributed by atoms with van der Waals surface area (Å²) in [5, 5.41) is 0. The van der Waals surface area contributed by atoms with E-state index in [0.717, 1.165) is 6.42 Å². The van der Waals surface area contributed by atoms with Gasteiger partial charge in [-0.15, -0.1) is 0 Å². The highest BCUT2D eigenvalue weighted by Gasteiger charge is 2.46. The van der Waals surface area contributed by atoms with E-state index in [4.69, 9.17) is 9.47 Å². The Kier molecular flexibility index (Phi) is 1.68. The van der Waals surface area contributed by atoms with E-state index in [1.54, 1.807) is 6.08 Å². The van der Waals surface area contributed by atoms with E-state index in [1.807, 2.05) is 13.8 Å². The van der Waals surface area contributed by atoms with Crippen LogP contribution in [0.15, 0.2) is 11.6 Å². The smallest absolute Gasteiger partial charge is 0.336 e. The van der Waals surface area contributed by atoms with Crippen molar-refractivity contribution >= 4 is 5.97 Å². The molecular formula is C9H12O3. The van der Waals surface area contributed by atoms with Crippen molar-refractivity contribution in [2.75, 3.05) is 0 Å². The van der Waals surface area contributed by atoms with Crippen molar-refractivity contribution in [3.63, 3.8) is 0 Å². The van der Waals surface area contributed by atoms with Crippen LogP contribution in [0.5, 0.6) is 0 Å². The number of hydrogen-bond acceptors (Lipinski definition) is 3. The maximum atomic E-state index is 11.2. The van der Waals surface area contributed by atoms with Crippen molar-refractivity contribution in [1.29, 1.82) is 0 Å². The second-order valence-electron chi connectivity index (χ2n) is 3.29. The van der Waals surface area contributed by atoms with Crippen molar-refractivity contribution in [3.05, 3.63) is 11.6 Å². The Bertz CT molecular complexity index is 244. The first-order valence-corrected chi connectivity index (χ1v) is 4.25. The number of fused-ring (bicyclic) bond motifs is 1. The molecule has 3 heteroatoms. The predicted octanol–water partition coefficient (Wildman–Crippen LogP) is 1.04. The summed E-state index contributed by atoms with van der Waals surface area (Å²) in [6.07, 6.45) is 2.69. The topological polar surface area (TPSA) is 35.5 Å². The monoisotopic (exact) mass is 168 g/mol. The molecule has 66 valence electrons. The molecule has 2 rings (SSSR count). The predicted molar refractivity (Wildman–Crippen MR) is 42.6 cm³/mol. The largest absolute Gasteiger partial charge is 0.456 e. The molecule has 0 aliphatic carbocycles. The molecule has 0 bridgehead atoms. The first-order valence-electron chi connectivity index (χ1n) is 4.25. The summed E-state index contributed by atoms with van der Waals surface area (Å²) < 4.78 is 10.7. The molecule has 3 nitrogen and oxygen atoms in total. The van der Waals surface area contributed by atoms with E-state index in [1.165, 1.54) is 0 Å². The summed E-state index contributed by atoms with van der Waals surface area (Å²) in [5.74, 6) is -0.209. The Morgan fingerprint density at radius 3 is 3.00 bits per heavy atom. The number of esters is 1. The third-order valence-electron chi connectivity index (χ3n) is 2.39. The summed E-state index contributed by atoms with van der Waals surface area (Å²) >= 11 is 0. The Labute approximate surface area is 71.3 Å². The molecule has 0 N–H and O–H groups in total. The van der Waals surface area contributed by atoms with Crippen LogP contribution < -0.4 is 0 Å². The van der Waals surface area contributed by atoms with Crippen LogP contribution in [0.2, 0.25) is 0 Å². The molecule has 2 heterocycles. The van der Waals surface area contributed by atoms with Gasteiger partial charge in [0, 0.05) is 6.42 Å². The molecule has 3 atom stereocenters. The first-order chi connectivity index (χ1) is 5.72. The van der Waals surface area contributed by atoms with Crippen LogP contribution in [0.4, 0.5) is 0 Å². The van der Waals surface area contributed by atoms with Gasteiger partial charge in [-0.2, -0.15) is 0 Å². The number of allylic oxidation sites excluding steroid dienone is 1. The Balaban J connectivity index is 2.23. The Morgan fingerprint density at radius 2 is 2.33 bits per heavy atom. The van der Waals surface area contributed by atoms with Gasteiger partial charge >= 0.3 is 5.97 Å². The minimum absolute atomic E-state index is 0.0290. The van der Waals surface area contributed by atoms with Crippen LogP contribution in [-0.2, 0) is 14.3 Å². The lowest BCUT2D eigenvalue weighted by atomic mass is 10.1. The fraction of sp³-hybridized carbons (Fsp3) is 0.667. The van der Waals surface area contributed by atoms with Gasteiger partial charge in [0.25, 0.3) is 0 Å². The Morgan fingerprint density at radius 1 is 1.58 bits per heavy atom. The molecule has 0 amide bonds. The minimum atomic E-state index is -0.209. The average Bonchev–Trinajstić information content (AvgIpc) is 2.43. The molecule has 2 aliphatic heterocycles. The third-order valence-corrected chi connectivity index (χ3v) is 2.39. The number of ether oxygens (including phenoxy) is 2. The zero-order valence-corrected chi connectivity index (χ0v) is 7.24. The highest BCUT2D eigenvalue weighted by Crippen LogP contribution is 2.34. The fourth-order valence-electron chi connectivity index (χ4n) is 1.83. The van der Waals surface area contributed by atoms with Crippen LogP contribution >= 0.6 is 0 Å². The second kappa shape index (κ2) is 2.59. The van der Waals surface area contributed by atoms with Crippen LogP contribution in [0.3, 0.4) is 0 Å². The maximum Gasteiger partial charge on any atom is 0.336 e. The van der Waals surface area contributed by atoms with E-state index in [-0.39, 0.29) is 24.3 Å². The summed E-state index contributed by atoms with van der Waals surface area (Å²) in [5.41, 5.74) is 0.685. The SMILES string of the molecule is C/C=C1/C(=O)O[C@@H]2C[C@@H](C)O[C@H]12. The van der Waals surface area contributed by atoms with Crippen LogP contribution in [0.25, 0.3) is 0 Å². The lowest BCUT2D eigenvalue weighted by Crippen LogP contribution is -2.15. The van der Waals surface area contributed by atoms with Crippen molar-refractivity contribution < 1.29 is 14.3 Å². The summed E-state index contributed by atoms with van der Waals surface area (Å²) in [6, 6.07) is 0. The molecule has 2 saturated heterocycles. The van der Waals surface area contributed by atoms with Crippen molar-refractivity contribution in [3.8, 4) is 0 Å². The molecule has 0 aromatic rings. The molecule has 2 aliphatic rings. The standard InChI is InChI=1S/C9H12O3/c1-3-6-8-7(12-9(6)10)4-5(2)11-8/h3,5,7-8H,4H2,1-2H3/b6-3+/t5-,7-,8-/m1/s1. The number of rotatable bonds is 0. The van der Waals surface area contributed by atoms with Gasteiger partial charge in [0.1, 0.15) is 12.2 Å². The highest BCUT2D eigenvalue weighted by atomic mass is 16.6. The minimum Gasteiger partial charge on any atom is -0.456 e. The summed E-state index contributed by atoms with van der Waals surface area (Å²) in [7, 11) is 0. The molecule has 2 fully saturated rings. The zero-order chi connectivity index (χ0) is 8.72. The first kappa shape index (κ1) is 7.80. The van der Waals surface area contributed by atoms with E-state index >= 15 is 0 Å². The van der Waals surface area contributed by atoms with Gasteiger partial charge in [-0.05, 0) is 13.8 Å². The van der Waals surface area contributed by atoms with Crippen LogP contribution in [0, 0.1) is 0 Å². The van der Waals surface area contributed by atoms with Gasteiger partial charge in [0.05, 0.1) is 11.7 Å². The number of hydrogen-bond donors (Lipinski definition) is 0. The van der Waals surface area contributed by atoms with Crippen LogP contribution in [-0.4, -0.2) is 24.3 Å². The van der Waals surface area contributed by atoms with Crippen LogP contribution in [0.1, 0.15) is 20.3 Å². The van der Waals surface area contributed by atoms with E-state index in [2.05, 4.69) is 0 Å². The lowest BCUT2D eigenvalue weighted by molar-refractivity contribution is -0.138. The third kappa shape index (κ3) is 0.966. The molecule has 0 aromatic heterocycles. The van der Waals surface area contributed by atoms with Gasteiger partial charge in [-0.1, -0.05) is 6.08 Å². The number of carbonyl (C=O) groups is 1. The van der Waals surface area contributed by atoms with Crippen molar-refractivity contribution in [2.24, 2.45) is 0 Å². The maximum absolute atomic E-state index is 11.2. The van der Waals surface area contributed by atoms with Gasteiger partial charge in [0.15, 0.2) is 0 Å². The molecule has 0 aromatic carbocycles. The molecule has 0 spiro atoms.